The number of anilines is 2. The van der Waals surface area contributed by atoms with Gasteiger partial charge >= 0.3 is 0 Å². The van der Waals surface area contributed by atoms with Gasteiger partial charge in [0.25, 0.3) is 0 Å². The average molecular weight is 310 g/mol. The molecule has 0 aliphatic carbocycles. The highest BCUT2D eigenvalue weighted by molar-refractivity contribution is 5.59. The lowest BCUT2D eigenvalue weighted by Gasteiger charge is -2.37. The summed E-state index contributed by atoms with van der Waals surface area (Å²) in [5.74, 6) is 1.88. The van der Waals surface area contributed by atoms with Gasteiger partial charge in [-0.3, -0.25) is 0 Å². The van der Waals surface area contributed by atoms with E-state index in [2.05, 4.69) is 31.2 Å². The van der Waals surface area contributed by atoms with E-state index >= 15 is 0 Å². The van der Waals surface area contributed by atoms with Crippen LogP contribution in [0, 0.1) is 0 Å². The van der Waals surface area contributed by atoms with E-state index in [0.29, 0.717) is 0 Å². The fourth-order valence-corrected chi connectivity index (χ4v) is 2.95. The SMILES string of the molecule is COc1ccccc1N1CCN(c2ccc3nncn3n2)CC1. The standard InChI is InChI=1S/C16H18N6O/c1-23-14-5-3-2-4-13(14)20-8-10-21(11-9-20)16-7-6-15-18-17-12-22(15)19-16/h2-7,12H,8-11H2,1H3. The predicted molar refractivity (Wildman–Crippen MR) is 88.2 cm³/mol. The summed E-state index contributed by atoms with van der Waals surface area (Å²) in [6.07, 6.45) is 1.63. The molecular weight excluding hydrogens is 292 g/mol. The Hall–Kier alpha value is -2.83. The maximum Gasteiger partial charge on any atom is 0.177 e. The molecule has 3 heterocycles. The number of hydrogen-bond acceptors (Lipinski definition) is 6. The summed E-state index contributed by atoms with van der Waals surface area (Å²) in [4.78, 5) is 4.64. The third kappa shape index (κ3) is 2.54. The van der Waals surface area contributed by atoms with Gasteiger partial charge in [-0.2, -0.15) is 4.52 Å². The minimum absolute atomic E-state index is 0.765. The molecule has 0 N–H and O–H groups in total. The summed E-state index contributed by atoms with van der Waals surface area (Å²) in [5, 5.41) is 12.4. The van der Waals surface area contributed by atoms with Crippen molar-refractivity contribution in [3.05, 3.63) is 42.7 Å². The Morgan fingerprint density at radius 2 is 1.74 bits per heavy atom. The predicted octanol–water partition coefficient (Wildman–Crippen LogP) is 1.46. The third-order valence-corrected chi connectivity index (χ3v) is 4.18. The van der Waals surface area contributed by atoms with Gasteiger partial charge in [0.2, 0.25) is 0 Å². The van der Waals surface area contributed by atoms with Crippen molar-refractivity contribution in [2.75, 3.05) is 43.1 Å². The van der Waals surface area contributed by atoms with E-state index < -0.39 is 0 Å². The molecule has 1 aliphatic heterocycles. The van der Waals surface area contributed by atoms with Crippen LogP contribution >= 0.6 is 0 Å². The van der Waals surface area contributed by atoms with E-state index in [4.69, 9.17) is 4.74 Å². The monoisotopic (exact) mass is 310 g/mol. The summed E-state index contributed by atoms with van der Waals surface area (Å²) >= 11 is 0. The van der Waals surface area contributed by atoms with E-state index in [-0.39, 0.29) is 0 Å². The summed E-state index contributed by atoms with van der Waals surface area (Å²) in [6.45, 7) is 3.70. The van der Waals surface area contributed by atoms with Crippen LogP contribution in [0.1, 0.15) is 0 Å². The number of hydrogen-bond donors (Lipinski definition) is 0. The van der Waals surface area contributed by atoms with Gasteiger partial charge in [-0.1, -0.05) is 12.1 Å². The highest BCUT2D eigenvalue weighted by atomic mass is 16.5. The molecule has 2 aromatic heterocycles. The number of aromatic nitrogens is 4. The molecule has 0 spiro atoms. The number of ether oxygens (including phenoxy) is 1. The number of fused-ring (bicyclic) bond motifs is 1. The molecule has 0 unspecified atom stereocenters. The Bertz CT molecular complexity index is 809. The molecule has 1 aliphatic rings. The Morgan fingerprint density at radius 3 is 2.57 bits per heavy atom. The smallest absolute Gasteiger partial charge is 0.177 e. The van der Waals surface area contributed by atoms with E-state index in [1.165, 1.54) is 0 Å². The molecule has 0 saturated carbocycles. The van der Waals surface area contributed by atoms with Crippen molar-refractivity contribution >= 4 is 17.2 Å². The maximum atomic E-state index is 5.46. The first-order valence-corrected chi connectivity index (χ1v) is 7.65. The van der Waals surface area contributed by atoms with Crippen LogP contribution in [0.3, 0.4) is 0 Å². The Balaban J connectivity index is 1.50. The molecule has 23 heavy (non-hydrogen) atoms. The topological polar surface area (TPSA) is 58.8 Å². The van der Waals surface area contributed by atoms with Gasteiger partial charge in [0.1, 0.15) is 17.9 Å². The molecule has 7 heteroatoms. The van der Waals surface area contributed by atoms with Crippen molar-refractivity contribution in [2.24, 2.45) is 0 Å². The number of methoxy groups -OCH3 is 1. The molecule has 4 rings (SSSR count). The van der Waals surface area contributed by atoms with Crippen LogP contribution < -0.4 is 14.5 Å². The van der Waals surface area contributed by atoms with Gasteiger partial charge in [-0.05, 0) is 24.3 Å². The largest absolute Gasteiger partial charge is 0.495 e. The molecule has 0 radical (unpaired) electrons. The van der Waals surface area contributed by atoms with Crippen LogP contribution in [0.4, 0.5) is 11.5 Å². The first kappa shape index (κ1) is 13.8. The molecule has 118 valence electrons. The van der Waals surface area contributed by atoms with Crippen LogP contribution in [0.2, 0.25) is 0 Å². The summed E-state index contributed by atoms with van der Waals surface area (Å²) < 4.78 is 7.17. The van der Waals surface area contributed by atoms with Gasteiger partial charge in [-0.25, -0.2) is 0 Å². The van der Waals surface area contributed by atoms with E-state index in [1.54, 1.807) is 18.0 Å². The molecule has 1 saturated heterocycles. The minimum atomic E-state index is 0.765. The highest BCUT2D eigenvalue weighted by Crippen LogP contribution is 2.28. The third-order valence-electron chi connectivity index (χ3n) is 4.18. The summed E-state index contributed by atoms with van der Waals surface area (Å²) in [7, 11) is 1.72. The van der Waals surface area contributed by atoms with Crippen LogP contribution in [0.25, 0.3) is 5.65 Å². The zero-order chi connectivity index (χ0) is 15.6. The number of piperazine rings is 1. The molecule has 0 bridgehead atoms. The summed E-state index contributed by atoms with van der Waals surface area (Å²) in [6, 6.07) is 12.1. The lowest BCUT2D eigenvalue weighted by molar-refractivity contribution is 0.413. The number of benzene rings is 1. The van der Waals surface area contributed by atoms with Crippen molar-refractivity contribution in [1.29, 1.82) is 0 Å². The van der Waals surface area contributed by atoms with E-state index in [9.17, 15) is 0 Å². The molecule has 3 aromatic rings. The van der Waals surface area contributed by atoms with Crippen LogP contribution in [0.15, 0.2) is 42.7 Å². The Labute approximate surface area is 134 Å². The Kier molecular flexibility index (Phi) is 3.45. The van der Waals surface area contributed by atoms with Gasteiger partial charge in [0.05, 0.1) is 12.8 Å². The maximum absolute atomic E-state index is 5.46. The Morgan fingerprint density at radius 1 is 0.957 bits per heavy atom. The van der Waals surface area contributed by atoms with Crippen molar-refractivity contribution in [3.63, 3.8) is 0 Å². The molecular formula is C16H18N6O. The first-order chi connectivity index (χ1) is 11.3. The molecule has 0 atom stereocenters. The lowest BCUT2D eigenvalue weighted by Crippen LogP contribution is -2.47. The van der Waals surface area contributed by atoms with Crippen molar-refractivity contribution in [2.45, 2.75) is 0 Å². The minimum Gasteiger partial charge on any atom is -0.495 e. The number of rotatable bonds is 3. The van der Waals surface area contributed by atoms with Crippen molar-refractivity contribution in [3.8, 4) is 5.75 Å². The fraction of sp³-hybridized carbons (Fsp3) is 0.312. The van der Waals surface area contributed by atoms with E-state index in [1.807, 2.05) is 30.3 Å². The molecule has 1 aromatic carbocycles. The average Bonchev–Trinajstić information content (AvgIpc) is 3.09. The van der Waals surface area contributed by atoms with Crippen molar-refractivity contribution < 1.29 is 4.74 Å². The normalized spacial score (nSPS) is 15.2. The second-order valence-corrected chi connectivity index (χ2v) is 5.47. The molecule has 0 amide bonds. The zero-order valence-corrected chi connectivity index (χ0v) is 13.0. The fourth-order valence-electron chi connectivity index (χ4n) is 2.95. The second-order valence-electron chi connectivity index (χ2n) is 5.47. The van der Waals surface area contributed by atoms with Gasteiger partial charge in [0, 0.05) is 26.2 Å². The first-order valence-electron chi connectivity index (χ1n) is 7.65. The van der Waals surface area contributed by atoms with Crippen LogP contribution in [-0.4, -0.2) is 53.1 Å². The quantitative estimate of drug-likeness (QED) is 0.730. The second kappa shape index (κ2) is 5.75. The molecule has 1 fully saturated rings. The summed E-state index contributed by atoms with van der Waals surface area (Å²) in [5.41, 5.74) is 1.92. The highest BCUT2D eigenvalue weighted by Gasteiger charge is 2.20. The number of nitrogens with zero attached hydrogens (tertiary/aromatic N) is 6. The van der Waals surface area contributed by atoms with Crippen LogP contribution in [-0.2, 0) is 0 Å². The molecule has 7 nitrogen and oxygen atoms in total. The van der Waals surface area contributed by atoms with Crippen molar-refractivity contribution in [1.82, 2.24) is 19.8 Å². The number of para-hydroxylation sites is 2. The zero-order valence-electron chi connectivity index (χ0n) is 13.0. The van der Waals surface area contributed by atoms with E-state index in [0.717, 1.165) is 49.1 Å². The lowest BCUT2D eigenvalue weighted by atomic mass is 10.2. The van der Waals surface area contributed by atoms with Gasteiger partial charge < -0.3 is 14.5 Å². The van der Waals surface area contributed by atoms with Crippen LogP contribution in [0.5, 0.6) is 5.75 Å². The van der Waals surface area contributed by atoms with Gasteiger partial charge in [-0.15, -0.1) is 15.3 Å². The van der Waals surface area contributed by atoms with Gasteiger partial charge in [0.15, 0.2) is 5.65 Å².